The van der Waals surface area contributed by atoms with Crippen molar-refractivity contribution < 1.29 is 9.53 Å². The van der Waals surface area contributed by atoms with Gasteiger partial charge in [-0.2, -0.15) is 15.1 Å². The topological polar surface area (TPSA) is 131 Å². The average Bonchev–Trinajstić information content (AvgIpc) is 2.85. The quantitative estimate of drug-likeness (QED) is 0.487. The number of nitrogens with one attached hydrogen (secondary N) is 3. The van der Waals surface area contributed by atoms with E-state index in [4.69, 9.17) is 10.5 Å². The Balaban J connectivity index is 1.99. The molecule has 9 nitrogen and oxygen atoms in total. The highest BCUT2D eigenvalue weighted by Crippen LogP contribution is 2.19. The molecule has 0 saturated heterocycles. The van der Waals surface area contributed by atoms with Crippen LogP contribution in [0.3, 0.4) is 0 Å². The number of anilines is 2. The Hall–Kier alpha value is -2.42. The molecular weight excluding hydrogens is 250 g/mol. The van der Waals surface area contributed by atoms with Crippen LogP contribution in [0.15, 0.2) is 6.20 Å². The van der Waals surface area contributed by atoms with Gasteiger partial charge in [0.2, 0.25) is 11.9 Å². The average molecular weight is 265 g/mol. The summed E-state index contributed by atoms with van der Waals surface area (Å²) in [6.07, 6.45) is 1.64. The van der Waals surface area contributed by atoms with E-state index < -0.39 is 5.91 Å². The second kappa shape index (κ2) is 5.96. The number of hydrogen-bond donors (Lipinski definition) is 4. The monoisotopic (exact) mass is 265 g/mol. The molecule has 0 aliphatic heterocycles. The van der Waals surface area contributed by atoms with Crippen molar-refractivity contribution in [2.24, 2.45) is 5.73 Å². The lowest BCUT2D eigenvalue weighted by Gasteiger charge is -2.08. The van der Waals surface area contributed by atoms with Crippen molar-refractivity contribution in [3.63, 3.8) is 0 Å². The zero-order chi connectivity index (χ0) is 13.7. The molecule has 2 heterocycles. The molecule has 19 heavy (non-hydrogen) atoms. The molecule has 2 aromatic rings. The highest BCUT2D eigenvalue weighted by molar-refractivity contribution is 5.86. The van der Waals surface area contributed by atoms with Crippen LogP contribution in [0.4, 0.5) is 11.8 Å². The number of aromatic amines is 1. The lowest BCUT2D eigenvalue weighted by molar-refractivity contribution is -0.122. The van der Waals surface area contributed by atoms with Gasteiger partial charge in [0.05, 0.1) is 18.2 Å². The molecule has 0 spiro atoms. The number of H-pyrrole nitrogens is 1. The van der Waals surface area contributed by atoms with Crippen LogP contribution in [0.1, 0.15) is 0 Å². The van der Waals surface area contributed by atoms with E-state index in [9.17, 15) is 4.79 Å². The van der Waals surface area contributed by atoms with Crippen molar-refractivity contribution in [3.05, 3.63) is 6.20 Å². The first-order chi connectivity index (χ1) is 9.20. The second-order valence-electron chi connectivity index (χ2n) is 3.72. The van der Waals surface area contributed by atoms with Crippen LogP contribution in [0, 0.1) is 0 Å². The molecule has 0 aliphatic carbocycles. The molecule has 2 rings (SSSR count). The van der Waals surface area contributed by atoms with E-state index in [1.165, 1.54) is 0 Å². The van der Waals surface area contributed by atoms with Gasteiger partial charge in [0.1, 0.15) is 12.4 Å². The molecule has 0 fully saturated rings. The van der Waals surface area contributed by atoms with Gasteiger partial charge in [0.25, 0.3) is 0 Å². The molecule has 2 aromatic heterocycles. The normalized spacial score (nSPS) is 10.6. The zero-order valence-corrected chi connectivity index (χ0v) is 10.4. The van der Waals surface area contributed by atoms with Crippen LogP contribution >= 0.6 is 0 Å². The van der Waals surface area contributed by atoms with Gasteiger partial charge in [-0.3, -0.25) is 9.89 Å². The molecule has 0 atom stereocenters. The smallest absolute Gasteiger partial charge is 0.243 e. The third-order valence-electron chi connectivity index (χ3n) is 2.32. The minimum Gasteiger partial charge on any atom is -0.370 e. The summed E-state index contributed by atoms with van der Waals surface area (Å²) in [4.78, 5) is 19.0. The van der Waals surface area contributed by atoms with E-state index in [1.54, 1.807) is 13.2 Å². The van der Waals surface area contributed by atoms with Gasteiger partial charge in [-0.05, 0) is 0 Å². The van der Waals surface area contributed by atoms with E-state index in [1.807, 2.05) is 0 Å². The number of fused-ring (bicyclic) bond motifs is 1. The fourth-order valence-corrected chi connectivity index (χ4v) is 1.50. The van der Waals surface area contributed by atoms with E-state index in [2.05, 4.69) is 30.8 Å². The molecule has 0 aromatic carbocycles. The Bertz CT molecular complexity index is 568. The molecule has 9 heteroatoms. The number of ether oxygens (including phenoxy) is 1. The largest absolute Gasteiger partial charge is 0.370 e. The molecule has 5 N–H and O–H groups in total. The Labute approximate surface area is 108 Å². The van der Waals surface area contributed by atoms with Crippen molar-refractivity contribution in [1.29, 1.82) is 0 Å². The number of rotatable bonds is 7. The lowest BCUT2D eigenvalue weighted by Crippen LogP contribution is -2.20. The Morgan fingerprint density at radius 2 is 2.37 bits per heavy atom. The van der Waals surface area contributed by atoms with Crippen molar-refractivity contribution in [2.75, 3.05) is 37.4 Å². The minimum absolute atomic E-state index is 0.0889. The molecule has 0 unspecified atom stereocenters. The molecule has 102 valence electrons. The summed E-state index contributed by atoms with van der Waals surface area (Å²) in [5, 5.41) is 13.4. The Kier molecular flexibility index (Phi) is 4.08. The van der Waals surface area contributed by atoms with E-state index >= 15 is 0 Å². The van der Waals surface area contributed by atoms with Crippen LogP contribution < -0.4 is 16.4 Å². The van der Waals surface area contributed by atoms with Gasteiger partial charge in [0, 0.05) is 13.6 Å². The van der Waals surface area contributed by atoms with Crippen LogP contribution in [0.5, 0.6) is 0 Å². The summed E-state index contributed by atoms with van der Waals surface area (Å²) in [6.45, 7) is 0.753. The summed E-state index contributed by atoms with van der Waals surface area (Å²) < 4.78 is 5.05. The van der Waals surface area contributed by atoms with E-state index in [0.29, 0.717) is 30.6 Å². The molecule has 1 amide bonds. The Morgan fingerprint density at radius 3 is 3.11 bits per heavy atom. The van der Waals surface area contributed by atoms with Crippen molar-refractivity contribution in [2.45, 2.75) is 0 Å². The summed E-state index contributed by atoms with van der Waals surface area (Å²) in [6, 6.07) is 0. The molecule has 0 bridgehead atoms. The van der Waals surface area contributed by atoms with Crippen LogP contribution in [0.2, 0.25) is 0 Å². The van der Waals surface area contributed by atoms with Gasteiger partial charge in [-0.15, -0.1) is 0 Å². The summed E-state index contributed by atoms with van der Waals surface area (Å²) in [5.41, 5.74) is 5.60. The van der Waals surface area contributed by atoms with Gasteiger partial charge >= 0.3 is 0 Å². The highest BCUT2D eigenvalue weighted by Gasteiger charge is 2.08. The van der Waals surface area contributed by atoms with Crippen LogP contribution in [-0.4, -0.2) is 52.9 Å². The third kappa shape index (κ3) is 3.28. The third-order valence-corrected chi connectivity index (χ3v) is 2.32. The first-order valence-corrected chi connectivity index (χ1v) is 5.69. The summed E-state index contributed by atoms with van der Waals surface area (Å²) >= 11 is 0. The first-order valence-electron chi connectivity index (χ1n) is 5.69. The van der Waals surface area contributed by atoms with E-state index in [-0.39, 0.29) is 6.61 Å². The first kappa shape index (κ1) is 13.0. The van der Waals surface area contributed by atoms with Gasteiger partial charge in [-0.25, -0.2) is 0 Å². The number of carbonyl (C=O) groups is 1. The number of nitrogens with two attached hydrogens (primary N) is 1. The van der Waals surface area contributed by atoms with Gasteiger partial charge in [0.15, 0.2) is 5.65 Å². The number of amides is 1. The predicted molar refractivity (Wildman–Crippen MR) is 69.7 cm³/mol. The lowest BCUT2D eigenvalue weighted by atomic mass is 10.4. The second-order valence-corrected chi connectivity index (χ2v) is 3.72. The van der Waals surface area contributed by atoms with Gasteiger partial charge < -0.3 is 21.1 Å². The highest BCUT2D eigenvalue weighted by atomic mass is 16.5. The maximum Gasteiger partial charge on any atom is 0.243 e. The van der Waals surface area contributed by atoms with Crippen molar-refractivity contribution >= 4 is 28.7 Å². The number of nitrogens with zero attached hydrogens (tertiary/aromatic N) is 3. The summed E-state index contributed by atoms with van der Waals surface area (Å²) in [5.74, 6) is 0.639. The number of carbonyl (C=O) groups excluding carboxylic acids is 1. The zero-order valence-electron chi connectivity index (χ0n) is 10.4. The Morgan fingerprint density at radius 1 is 1.53 bits per heavy atom. The number of hydrogen-bond acceptors (Lipinski definition) is 7. The molecule has 0 aliphatic rings. The van der Waals surface area contributed by atoms with Crippen LogP contribution in [-0.2, 0) is 9.53 Å². The fourth-order valence-electron chi connectivity index (χ4n) is 1.50. The maximum atomic E-state index is 10.5. The van der Waals surface area contributed by atoms with Crippen molar-refractivity contribution in [1.82, 2.24) is 20.2 Å². The SMILES string of the molecule is CNc1nc(NCCOCC(N)=O)c2cn[nH]c2n1. The number of primary amides is 1. The predicted octanol–water partition coefficient (Wildman–Crippen LogP) is -0.692. The molecular formula is C10H15N7O2. The standard InChI is InChI=1S/C10H15N7O2/c1-12-10-15-8(6-4-14-17-9(6)16-10)13-2-3-19-5-7(11)18/h4H,2-3,5H2,1H3,(H2,11,18)(H3,12,13,14,15,16,17). The van der Waals surface area contributed by atoms with Crippen molar-refractivity contribution in [3.8, 4) is 0 Å². The van der Waals surface area contributed by atoms with Crippen LogP contribution in [0.25, 0.3) is 11.0 Å². The minimum atomic E-state index is -0.489. The van der Waals surface area contributed by atoms with Gasteiger partial charge in [-0.1, -0.05) is 0 Å². The molecule has 0 radical (unpaired) electrons. The molecule has 0 saturated carbocycles. The van der Waals surface area contributed by atoms with E-state index in [0.717, 1.165) is 5.39 Å². The fraction of sp³-hybridized carbons (Fsp3) is 0.400. The maximum absolute atomic E-state index is 10.5. The summed E-state index contributed by atoms with van der Waals surface area (Å²) in [7, 11) is 1.73. The number of aromatic nitrogens is 4.